The summed E-state index contributed by atoms with van der Waals surface area (Å²) in [4.78, 5) is 12.6. The Morgan fingerprint density at radius 3 is 2.09 bits per heavy atom. The van der Waals surface area contributed by atoms with Gasteiger partial charge in [0.1, 0.15) is 5.60 Å². The van der Waals surface area contributed by atoms with Crippen LogP contribution in [0.15, 0.2) is 59.1 Å². The van der Waals surface area contributed by atoms with Crippen LogP contribution < -0.4 is 0 Å². The Labute approximate surface area is 147 Å². The second-order valence-corrected chi connectivity index (χ2v) is 7.39. The quantitative estimate of drug-likeness (QED) is 0.622. The molecule has 0 N–H and O–H groups in total. The van der Waals surface area contributed by atoms with Gasteiger partial charge >= 0.3 is 5.97 Å². The molecule has 0 saturated heterocycles. The van der Waals surface area contributed by atoms with E-state index in [1.807, 2.05) is 37.3 Å². The van der Waals surface area contributed by atoms with Crippen LogP contribution in [-0.4, -0.2) is 11.6 Å². The molecule has 3 heteroatoms. The molecule has 0 aliphatic heterocycles. The molecule has 0 aliphatic carbocycles. The number of ether oxygens (including phenoxy) is 1. The van der Waals surface area contributed by atoms with Gasteiger partial charge < -0.3 is 4.74 Å². The van der Waals surface area contributed by atoms with Gasteiger partial charge in [0.25, 0.3) is 0 Å². The van der Waals surface area contributed by atoms with E-state index in [1.54, 1.807) is 12.1 Å². The van der Waals surface area contributed by atoms with E-state index in [0.29, 0.717) is 5.56 Å². The minimum Gasteiger partial charge on any atom is -0.455 e. The Hall–Kier alpha value is -1.61. The predicted molar refractivity (Wildman–Crippen MR) is 97.7 cm³/mol. The summed E-state index contributed by atoms with van der Waals surface area (Å²) in [5.41, 5.74) is 0.830. The molecule has 0 aliphatic rings. The molecule has 2 nitrogen and oxygen atoms in total. The van der Waals surface area contributed by atoms with Gasteiger partial charge in [-0.25, -0.2) is 4.79 Å². The number of carbonyl (C=O) groups is 1. The maximum Gasteiger partial charge on any atom is 0.338 e. The van der Waals surface area contributed by atoms with Crippen LogP contribution in [0.2, 0.25) is 0 Å². The van der Waals surface area contributed by atoms with Crippen molar-refractivity contribution in [2.45, 2.75) is 45.1 Å². The van der Waals surface area contributed by atoms with E-state index in [1.165, 1.54) is 0 Å². The van der Waals surface area contributed by atoms with Gasteiger partial charge in [0, 0.05) is 9.89 Å². The van der Waals surface area contributed by atoms with Crippen molar-refractivity contribution in [3.05, 3.63) is 70.2 Å². The molecule has 23 heavy (non-hydrogen) atoms. The number of carbonyl (C=O) groups excluding carboxylic acids is 1. The fourth-order valence-corrected chi connectivity index (χ4v) is 2.92. The van der Waals surface area contributed by atoms with E-state index >= 15 is 0 Å². The lowest BCUT2D eigenvalue weighted by atomic mass is 9.69. The van der Waals surface area contributed by atoms with Crippen LogP contribution in [0.5, 0.6) is 0 Å². The summed E-state index contributed by atoms with van der Waals surface area (Å²) in [6, 6.07) is 17.5. The van der Waals surface area contributed by atoms with Crippen molar-refractivity contribution < 1.29 is 9.53 Å². The first-order valence-corrected chi connectivity index (χ1v) is 8.64. The van der Waals surface area contributed by atoms with Gasteiger partial charge in [-0.2, -0.15) is 0 Å². The second kappa shape index (κ2) is 6.88. The molecule has 0 bridgehead atoms. The van der Waals surface area contributed by atoms with Gasteiger partial charge in [-0.1, -0.05) is 67.0 Å². The van der Waals surface area contributed by atoms with Gasteiger partial charge in [-0.15, -0.1) is 0 Å². The minimum absolute atomic E-state index is 0.286. The largest absolute Gasteiger partial charge is 0.455 e. The lowest BCUT2D eigenvalue weighted by Gasteiger charge is -2.43. The summed E-state index contributed by atoms with van der Waals surface area (Å²) >= 11 is 3.38. The monoisotopic (exact) mass is 374 g/mol. The number of benzene rings is 2. The van der Waals surface area contributed by atoms with E-state index in [2.05, 4.69) is 48.8 Å². The van der Waals surface area contributed by atoms with Crippen LogP contribution >= 0.6 is 15.9 Å². The Bertz CT molecular complexity index is 662. The van der Waals surface area contributed by atoms with E-state index in [0.717, 1.165) is 16.5 Å². The fourth-order valence-electron chi connectivity index (χ4n) is 2.65. The molecular formula is C20H23BrO2. The fraction of sp³-hybridized carbons (Fsp3) is 0.350. The van der Waals surface area contributed by atoms with E-state index < -0.39 is 5.60 Å². The average molecular weight is 375 g/mol. The van der Waals surface area contributed by atoms with Crippen molar-refractivity contribution >= 4 is 21.9 Å². The minimum atomic E-state index is -0.599. The number of halogens is 1. The maximum atomic E-state index is 12.6. The lowest BCUT2D eigenvalue weighted by Crippen LogP contribution is -2.48. The molecule has 0 fully saturated rings. The predicted octanol–water partition coefficient (Wildman–Crippen LogP) is 5.75. The van der Waals surface area contributed by atoms with Crippen LogP contribution in [0.25, 0.3) is 0 Å². The highest BCUT2D eigenvalue weighted by Crippen LogP contribution is 2.40. The average Bonchev–Trinajstić information content (AvgIpc) is 2.55. The summed E-state index contributed by atoms with van der Waals surface area (Å²) in [6.07, 6.45) is 0.733. The zero-order valence-electron chi connectivity index (χ0n) is 14.1. The smallest absolute Gasteiger partial charge is 0.338 e. The third kappa shape index (κ3) is 3.66. The highest BCUT2D eigenvalue weighted by Gasteiger charge is 2.44. The molecule has 0 spiro atoms. The molecule has 2 aromatic rings. The van der Waals surface area contributed by atoms with Crippen molar-refractivity contribution in [3.63, 3.8) is 0 Å². The summed E-state index contributed by atoms with van der Waals surface area (Å²) in [6.45, 7) is 8.32. The molecule has 0 aromatic heterocycles. The van der Waals surface area contributed by atoms with E-state index in [9.17, 15) is 4.79 Å². The number of esters is 1. The first-order chi connectivity index (χ1) is 10.8. The first kappa shape index (κ1) is 17.7. The molecule has 0 amide bonds. The van der Waals surface area contributed by atoms with Crippen molar-refractivity contribution in [1.82, 2.24) is 0 Å². The van der Waals surface area contributed by atoms with Gasteiger partial charge in [-0.3, -0.25) is 0 Å². The van der Waals surface area contributed by atoms with Gasteiger partial charge in [-0.05, 0) is 43.2 Å². The maximum absolute atomic E-state index is 12.6. The molecule has 122 valence electrons. The van der Waals surface area contributed by atoms with E-state index in [-0.39, 0.29) is 11.4 Å². The topological polar surface area (TPSA) is 26.3 Å². The SMILES string of the molecule is CCC(C)(OC(=O)c1ccc(Br)cc1)C(C)(C)c1ccccc1. The van der Waals surface area contributed by atoms with Crippen LogP contribution in [-0.2, 0) is 10.2 Å². The highest BCUT2D eigenvalue weighted by molar-refractivity contribution is 9.10. The third-order valence-electron chi connectivity index (χ3n) is 4.89. The van der Waals surface area contributed by atoms with Crippen molar-refractivity contribution in [1.29, 1.82) is 0 Å². The van der Waals surface area contributed by atoms with Gasteiger partial charge in [0.2, 0.25) is 0 Å². The number of hydrogen-bond acceptors (Lipinski definition) is 2. The summed E-state index contributed by atoms with van der Waals surface area (Å²) < 4.78 is 6.92. The molecular weight excluding hydrogens is 352 g/mol. The Morgan fingerprint density at radius 1 is 1.00 bits per heavy atom. The van der Waals surface area contributed by atoms with Crippen LogP contribution in [0.4, 0.5) is 0 Å². The first-order valence-electron chi connectivity index (χ1n) is 7.84. The summed E-state index contributed by atoms with van der Waals surface area (Å²) in [5.74, 6) is -0.286. The number of rotatable bonds is 5. The Balaban J connectivity index is 2.29. The molecule has 0 saturated carbocycles. The molecule has 0 heterocycles. The third-order valence-corrected chi connectivity index (χ3v) is 5.42. The molecule has 2 rings (SSSR count). The zero-order valence-corrected chi connectivity index (χ0v) is 15.7. The van der Waals surface area contributed by atoms with Crippen molar-refractivity contribution in [2.75, 3.05) is 0 Å². The second-order valence-electron chi connectivity index (χ2n) is 6.47. The van der Waals surface area contributed by atoms with Crippen molar-refractivity contribution in [2.24, 2.45) is 0 Å². The highest BCUT2D eigenvalue weighted by atomic mass is 79.9. The van der Waals surface area contributed by atoms with Crippen LogP contribution in [0.1, 0.15) is 50.0 Å². The van der Waals surface area contributed by atoms with E-state index in [4.69, 9.17) is 4.74 Å². The molecule has 1 unspecified atom stereocenters. The van der Waals surface area contributed by atoms with Gasteiger partial charge in [0.15, 0.2) is 0 Å². The van der Waals surface area contributed by atoms with Crippen LogP contribution in [0, 0.1) is 0 Å². The summed E-state index contributed by atoms with van der Waals surface area (Å²) in [7, 11) is 0. The van der Waals surface area contributed by atoms with Crippen molar-refractivity contribution in [3.8, 4) is 0 Å². The Kier molecular flexibility index (Phi) is 5.30. The lowest BCUT2D eigenvalue weighted by molar-refractivity contribution is -0.0478. The molecule has 0 radical (unpaired) electrons. The summed E-state index contributed by atoms with van der Waals surface area (Å²) in [5, 5.41) is 0. The number of hydrogen-bond donors (Lipinski definition) is 0. The van der Waals surface area contributed by atoms with Gasteiger partial charge in [0.05, 0.1) is 5.56 Å². The molecule has 1 atom stereocenters. The van der Waals surface area contributed by atoms with Crippen LogP contribution in [0.3, 0.4) is 0 Å². The molecule has 2 aromatic carbocycles. The zero-order chi connectivity index (χ0) is 17.1. The normalized spacial score (nSPS) is 14.1. The Morgan fingerprint density at radius 2 is 1.57 bits per heavy atom. The standard InChI is InChI=1S/C20H23BrO2/c1-5-20(4,19(2,3)16-9-7-6-8-10-16)23-18(22)15-11-13-17(21)14-12-15/h6-14H,5H2,1-4H3.